The van der Waals surface area contributed by atoms with Gasteiger partial charge in [-0.3, -0.25) is 4.79 Å². The Bertz CT molecular complexity index is 286. The monoisotopic (exact) mass is 225 g/mol. The molecular formula is C7H15NO3S2. The smallest absolute Gasteiger partial charge is 0.248 e. The molecule has 0 saturated carbocycles. The van der Waals surface area contributed by atoms with Crippen molar-refractivity contribution in [3.63, 3.8) is 0 Å². The first-order chi connectivity index (χ1) is 5.81. The summed E-state index contributed by atoms with van der Waals surface area (Å²) in [4.78, 5) is 11.0. The van der Waals surface area contributed by atoms with E-state index in [1.807, 2.05) is 0 Å². The molecule has 2 N–H and O–H groups in total. The molecular weight excluding hydrogens is 210 g/mol. The van der Waals surface area contributed by atoms with Gasteiger partial charge >= 0.3 is 0 Å². The molecule has 0 aromatic rings. The maximum atomic E-state index is 11.5. The fraction of sp³-hybridized carbons (Fsp3) is 0.857. The van der Waals surface area contributed by atoms with Gasteiger partial charge in [-0.1, -0.05) is 13.8 Å². The van der Waals surface area contributed by atoms with Gasteiger partial charge in [0.15, 0.2) is 13.9 Å². The van der Waals surface area contributed by atoms with E-state index >= 15 is 0 Å². The van der Waals surface area contributed by atoms with Crippen molar-refractivity contribution in [3.8, 4) is 0 Å². The molecule has 0 fully saturated rings. The van der Waals surface area contributed by atoms with Crippen molar-refractivity contribution in [1.29, 1.82) is 0 Å². The van der Waals surface area contributed by atoms with Crippen LogP contribution in [-0.2, 0) is 14.6 Å². The highest BCUT2D eigenvalue weighted by atomic mass is 32.3. The molecule has 0 aliphatic carbocycles. The van der Waals surface area contributed by atoms with Crippen molar-refractivity contribution in [2.45, 2.75) is 24.9 Å². The molecule has 0 saturated heterocycles. The SMILES string of the molecule is CCSC(C)(C(N)=O)S(=O)(=O)CC. The maximum absolute atomic E-state index is 11.5. The Labute approximate surface area is 83.2 Å². The van der Waals surface area contributed by atoms with E-state index in [1.165, 1.54) is 13.8 Å². The van der Waals surface area contributed by atoms with Crippen molar-refractivity contribution in [2.24, 2.45) is 5.73 Å². The predicted octanol–water partition coefficient (Wildman–Crippen LogP) is 0.376. The summed E-state index contributed by atoms with van der Waals surface area (Å²) in [6.07, 6.45) is 0. The summed E-state index contributed by atoms with van der Waals surface area (Å²) < 4.78 is 21.6. The lowest BCUT2D eigenvalue weighted by Crippen LogP contribution is -2.46. The Morgan fingerprint density at radius 1 is 1.46 bits per heavy atom. The zero-order valence-electron chi connectivity index (χ0n) is 8.03. The first-order valence-corrected chi connectivity index (χ1v) is 6.61. The number of hydrogen-bond donors (Lipinski definition) is 1. The Morgan fingerprint density at radius 3 is 2.15 bits per heavy atom. The van der Waals surface area contributed by atoms with Crippen LogP contribution in [0.3, 0.4) is 0 Å². The van der Waals surface area contributed by atoms with Gasteiger partial charge in [-0.2, -0.15) is 0 Å². The summed E-state index contributed by atoms with van der Waals surface area (Å²) in [7, 11) is -3.43. The van der Waals surface area contributed by atoms with E-state index in [4.69, 9.17) is 5.73 Å². The molecule has 78 valence electrons. The molecule has 0 aliphatic heterocycles. The van der Waals surface area contributed by atoms with Crippen LogP contribution in [0.1, 0.15) is 20.8 Å². The molecule has 1 atom stereocenters. The number of hydrogen-bond acceptors (Lipinski definition) is 4. The third kappa shape index (κ3) is 2.37. The van der Waals surface area contributed by atoms with Gasteiger partial charge in [0.2, 0.25) is 5.91 Å². The minimum atomic E-state index is -3.43. The van der Waals surface area contributed by atoms with E-state index in [-0.39, 0.29) is 5.75 Å². The Hall–Kier alpha value is -0.230. The fourth-order valence-electron chi connectivity index (χ4n) is 0.865. The number of thioether (sulfide) groups is 1. The molecule has 4 nitrogen and oxygen atoms in total. The second-order valence-electron chi connectivity index (χ2n) is 2.65. The lowest BCUT2D eigenvalue weighted by Gasteiger charge is -2.23. The molecule has 1 amide bonds. The van der Waals surface area contributed by atoms with Gasteiger partial charge in [0, 0.05) is 5.75 Å². The van der Waals surface area contributed by atoms with Gasteiger partial charge in [-0.15, -0.1) is 11.8 Å². The third-order valence-electron chi connectivity index (χ3n) is 1.84. The minimum absolute atomic E-state index is 0.0700. The topological polar surface area (TPSA) is 77.2 Å². The quantitative estimate of drug-likeness (QED) is 0.733. The van der Waals surface area contributed by atoms with Crippen molar-refractivity contribution in [1.82, 2.24) is 0 Å². The lowest BCUT2D eigenvalue weighted by molar-refractivity contribution is -0.118. The standard InChI is InChI=1S/C7H15NO3S2/c1-4-12-7(3,6(8)9)13(10,11)5-2/h4-5H2,1-3H3,(H2,8,9). The van der Waals surface area contributed by atoms with Crippen LogP contribution in [0.25, 0.3) is 0 Å². The van der Waals surface area contributed by atoms with Crippen molar-refractivity contribution >= 4 is 27.5 Å². The number of sulfone groups is 1. The Morgan fingerprint density at radius 2 is 1.92 bits per heavy atom. The van der Waals surface area contributed by atoms with Gasteiger partial charge < -0.3 is 5.73 Å². The van der Waals surface area contributed by atoms with E-state index in [2.05, 4.69) is 0 Å². The summed E-state index contributed by atoms with van der Waals surface area (Å²) in [5.74, 6) is -0.320. The summed E-state index contributed by atoms with van der Waals surface area (Å²) in [6, 6.07) is 0. The number of primary amides is 1. The summed E-state index contributed by atoms with van der Waals surface area (Å²) in [6.45, 7) is 4.66. The zero-order valence-corrected chi connectivity index (χ0v) is 9.67. The highest BCUT2D eigenvalue weighted by Crippen LogP contribution is 2.31. The van der Waals surface area contributed by atoms with Crippen LogP contribution in [0.4, 0.5) is 0 Å². The van der Waals surface area contributed by atoms with Crippen molar-refractivity contribution in [2.75, 3.05) is 11.5 Å². The van der Waals surface area contributed by atoms with E-state index in [9.17, 15) is 13.2 Å². The van der Waals surface area contributed by atoms with Crippen LogP contribution in [0, 0.1) is 0 Å². The predicted molar refractivity (Wildman–Crippen MR) is 55.2 cm³/mol. The molecule has 6 heteroatoms. The molecule has 0 radical (unpaired) electrons. The first kappa shape index (κ1) is 12.8. The summed E-state index contributed by atoms with van der Waals surface area (Å²) in [5, 5.41) is 0. The van der Waals surface area contributed by atoms with Gasteiger partial charge in [0.1, 0.15) is 0 Å². The largest absolute Gasteiger partial charge is 0.368 e. The van der Waals surface area contributed by atoms with Crippen LogP contribution < -0.4 is 5.73 Å². The fourth-order valence-corrected chi connectivity index (χ4v) is 3.84. The van der Waals surface area contributed by atoms with Crippen LogP contribution in [0.5, 0.6) is 0 Å². The zero-order chi connectivity index (χ0) is 10.7. The highest BCUT2D eigenvalue weighted by Gasteiger charge is 2.43. The Kier molecular flexibility index (Phi) is 4.25. The highest BCUT2D eigenvalue weighted by molar-refractivity contribution is 8.15. The van der Waals surface area contributed by atoms with E-state index < -0.39 is 19.8 Å². The molecule has 1 unspecified atom stereocenters. The van der Waals surface area contributed by atoms with E-state index in [0.29, 0.717) is 5.75 Å². The molecule has 0 heterocycles. The van der Waals surface area contributed by atoms with Crippen LogP contribution in [0.15, 0.2) is 0 Å². The van der Waals surface area contributed by atoms with Crippen LogP contribution in [0.2, 0.25) is 0 Å². The number of amides is 1. The van der Waals surface area contributed by atoms with E-state index in [1.54, 1.807) is 6.92 Å². The second kappa shape index (κ2) is 4.32. The molecule has 0 aliphatic rings. The summed E-state index contributed by atoms with van der Waals surface area (Å²) >= 11 is 1.06. The first-order valence-electron chi connectivity index (χ1n) is 3.98. The van der Waals surface area contributed by atoms with Gasteiger partial charge in [0.05, 0.1) is 0 Å². The lowest BCUT2D eigenvalue weighted by atomic mass is 10.4. The molecule has 0 aromatic heterocycles. The van der Waals surface area contributed by atoms with Gasteiger partial charge in [-0.25, -0.2) is 8.42 Å². The summed E-state index contributed by atoms with van der Waals surface area (Å²) in [5.41, 5.74) is 5.08. The normalized spacial score (nSPS) is 16.5. The maximum Gasteiger partial charge on any atom is 0.248 e. The second-order valence-corrected chi connectivity index (χ2v) is 7.21. The molecule has 0 spiro atoms. The van der Waals surface area contributed by atoms with Crippen LogP contribution in [-0.4, -0.2) is 29.9 Å². The number of rotatable bonds is 5. The third-order valence-corrected chi connectivity index (χ3v) is 6.15. The van der Waals surface area contributed by atoms with Crippen molar-refractivity contribution in [3.05, 3.63) is 0 Å². The molecule has 0 rings (SSSR count). The van der Waals surface area contributed by atoms with Crippen LogP contribution >= 0.6 is 11.8 Å². The molecule has 0 bridgehead atoms. The number of carbonyl (C=O) groups excluding carboxylic acids is 1. The Balaban J connectivity index is 5.14. The molecule has 13 heavy (non-hydrogen) atoms. The average molecular weight is 225 g/mol. The average Bonchev–Trinajstić information content (AvgIpc) is 2.04. The number of nitrogens with two attached hydrogens (primary N) is 1. The minimum Gasteiger partial charge on any atom is -0.368 e. The number of carbonyl (C=O) groups is 1. The van der Waals surface area contributed by atoms with Gasteiger partial charge in [-0.05, 0) is 12.7 Å². The van der Waals surface area contributed by atoms with E-state index in [0.717, 1.165) is 11.8 Å². The van der Waals surface area contributed by atoms with Crippen molar-refractivity contribution < 1.29 is 13.2 Å². The molecule has 0 aromatic carbocycles. The van der Waals surface area contributed by atoms with Gasteiger partial charge in [0.25, 0.3) is 0 Å².